The lowest BCUT2D eigenvalue weighted by Crippen LogP contribution is -2.26. The molecule has 73 heavy (non-hydrogen) atoms. The molecular formula is C69H46N2O2. The summed E-state index contributed by atoms with van der Waals surface area (Å²) in [7, 11) is 0. The summed E-state index contributed by atoms with van der Waals surface area (Å²) in [5.74, 6) is 0.954. The van der Waals surface area contributed by atoms with E-state index in [4.69, 9.17) is 9.15 Å². The second-order valence-electron chi connectivity index (χ2n) is 19.5. The molecule has 0 radical (unpaired) electrons. The van der Waals surface area contributed by atoms with Gasteiger partial charge in [0.1, 0.15) is 16.9 Å². The number of nitrogens with zero attached hydrogens (tertiary/aromatic N) is 2. The molecule has 0 unspecified atom stereocenters. The summed E-state index contributed by atoms with van der Waals surface area (Å²) >= 11 is 0. The average molecular weight is 935 g/mol. The first-order chi connectivity index (χ1) is 36.2. The first-order valence-electron chi connectivity index (χ1n) is 25.2. The Bertz CT molecular complexity index is 4070. The van der Waals surface area contributed by atoms with E-state index in [1.165, 1.54) is 72.3 Å². The maximum atomic E-state index is 6.57. The monoisotopic (exact) mass is 934 g/mol. The molecule has 344 valence electrons. The van der Waals surface area contributed by atoms with Crippen molar-refractivity contribution in [2.45, 2.75) is 11.8 Å². The highest BCUT2D eigenvalue weighted by atomic mass is 16.5. The number of anilines is 6. The van der Waals surface area contributed by atoms with Crippen molar-refractivity contribution in [1.29, 1.82) is 0 Å². The van der Waals surface area contributed by atoms with Crippen LogP contribution in [0.25, 0.3) is 66.4 Å². The Morgan fingerprint density at radius 3 is 1.36 bits per heavy atom. The first-order valence-corrected chi connectivity index (χ1v) is 25.2. The van der Waals surface area contributed by atoms with E-state index < -0.39 is 5.41 Å². The third kappa shape index (κ3) is 6.40. The predicted molar refractivity (Wildman–Crippen MR) is 299 cm³/mol. The minimum Gasteiger partial charge on any atom is -0.493 e. The maximum Gasteiger partial charge on any atom is 0.137 e. The predicted octanol–water partition coefficient (Wildman–Crippen LogP) is 18.1. The lowest BCUT2D eigenvalue weighted by molar-refractivity contribution is 0.357. The fourth-order valence-electron chi connectivity index (χ4n) is 12.3. The van der Waals surface area contributed by atoms with Crippen molar-refractivity contribution in [2.24, 2.45) is 0 Å². The number of fused-ring (bicyclic) bond motifs is 14. The van der Waals surface area contributed by atoms with Crippen LogP contribution in [0.3, 0.4) is 0 Å². The second kappa shape index (κ2) is 16.3. The summed E-state index contributed by atoms with van der Waals surface area (Å²) < 4.78 is 12.8. The molecule has 1 aliphatic heterocycles. The number of rotatable bonds is 8. The van der Waals surface area contributed by atoms with Crippen LogP contribution < -0.4 is 14.5 Å². The van der Waals surface area contributed by atoms with Gasteiger partial charge in [-0.2, -0.15) is 0 Å². The Morgan fingerprint density at radius 1 is 0.315 bits per heavy atom. The summed E-state index contributed by atoms with van der Waals surface area (Å²) in [6.07, 6.45) is 0.921. The van der Waals surface area contributed by atoms with Gasteiger partial charge in [0.15, 0.2) is 0 Å². The fraction of sp³-hybridized carbons (Fsp3) is 0.0435. The van der Waals surface area contributed by atoms with E-state index in [-0.39, 0.29) is 0 Å². The van der Waals surface area contributed by atoms with Crippen molar-refractivity contribution in [3.8, 4) is 50.3 Å². The van der Waals surface area contributed by atoms with Gasteiger partial charge in [-0.3, -0.25) is 0 Å². The summed E-state index contributed by atoms with van der Waals surface area (Å²) in [6, 6.07) is 93.3. The van der Waals surface area contributed by atoms with E-state index in [0.717, 1.165) is 68.2 Å². The van der Waals surface area contributed by atoms with Crippen LogP contribution >= 0.6 is 0 Å². The van der Waals surface area contributed by atoms with Crippen LogP contribution in [-0.4, -0.2) is 6.61 Å². The van der Waals surface area contributed by atoms with Crippen molar-refractivity contribution >= 4 is 56.1 Å². The third-order valence-electron chi connectivity index (χ3n) is 15.6. The Kier molecular flexibility index (Phi) is 9.27. The molecular weight excluding hydrogens is 889 g/mol. The van der Waals surface area contributed by atoms with Crippen LogP contribution in [0.4, 0.5) is 34.1 Å². The van der Waals surface area contributed by atoms with Gasteiger partial charge in [0.05, 0.1) is 12.0 Å². The molecule has 1 aromatic heterocycles. The normalized spacial score (nSPS) is 13.3. The quantitative estimate of drug-likeness (QED) is 0.152. The molecule has 12 aromatic rings. The number of para-hydroxylation sites is 1. The van der Waals surface area contributed by atoms with Gasteiger partial charge in [-0.05, 0) is 145 Å². The Labute approximate surface area is 424 Å². The second-order valence-corrected chi connectivity index (χ2v) is 19.5. The molecule has 0 bridgehead atoms. The Hall–Kier alpha value is -9.38. The zero-order valence-electron chi connectivity index (χ0n) is 39.9. The number of benzene rings is 11. The molecule has 2 aliphatic carbocycles. The van der Waals surface area contributed by atoms with E-state index >= 15 is 0 Å². The zero-order valence-corrected chi connectivity index (χ0v) is 39.9. The fourth-order valence-corrected chi connectivity index (χ4v) is 12.3. The highest BCUT2D eigenvalue weighted by Crippen LogP contribution is 2.64. The van der Waals surface area contributed by atoms with Crippen LogP contribution in [0.1, 0.15) is 27.8 Å². The largest absolute Gasteiger partial charge is 0.493 e. The lowest BCUT2D eigenvalue weighted by atomic mass is 9.70. The third-order valence-corrected chi connectivity index (χ3v) is 15.6. The van der Waals surface area contributed by atoms with Gasteiger partial charge in [-0.25, -0.2) is 0 Å². The molecule has 0 amide bonds. The van der Waals surface area contributed by atoms with E-state index in [1.807, 2.05) is 6.07 Å². The summed E-state index contributed by atoms with van der Waals surface area (Å²) in [4.78, 5) is 4.78. The van der Waals surface area contributed by atoms with Crippen LogP contribution in [0.15, 0.2) is 259 Å². The zero-order chi connectivity index (χ0) is 48.0. The highest BCUT2D eigenvalue weighted by molar-refractivity contribution is 6.06. The summed E-state index contributed by atoms with van der Waals surface area (Å²) in [5, 5.41) is 2.22. The SMILES string of the molecule is c1ccc(-c2ccc(N(c3ccc4c(c3)OCC4)c3ccc4c(c3)-c3cc(N(c5ccc(-c6ccccc6)cc5)c5ccc6c(c5)oc5ccccc56)ccc3C43c4ccccc4-c4ccccc43)cc2)cc1. The number of hydrogen-bond donors (Lipinski definition) is 0. The lowest BCUT2D eigenvalue weighted by Gasteiger charge is -2.31. The molecule has 4 heteroatoms. The van der Waals surface area contributed by atoms with Crippen molar-refractivity contribution in [3.05, 3.63) is 283 Å². The standard InChI is InChI=1S/C69H46N2O2/c1-3-13-45(14-4-1)47-23-28-50(29-24-47)70(54-32-27-49-39-40-72-67(49)43-54)52-34-37-64-60(41-52)61-42-53(35-38-65(61)69(64)62-20-10-7-17-56(62)57-18-8-11-21-63(57)69)71(51-30-25-48(26-31-51)46-15-5-2-6-16-46)55-33-36-59-58-19-9-12-22-66(58)73-68(59)44-55/h1-38,41-44H,39-40H2. The van der Waals surface area contributed by atoms with Crippen molar-refractivity contribution < 1.29 is 9.15 Å². The number of ether oxygens (including phenoxy) is 1. The first kappa shape index (κ1) is 41.4. The van der Waals surface area contributed by atoms with Crippen LogP contribution in [0, 0.1) is 0 Å². The van der Waals surface area contributed by atoms with E-state index in [9.17, 15) is 0 Å². The van der Waals surface area contributed by atoms with Gasteiger partial charge >= 0.3 is 0 Å². The van der Waals surface area contributed by atoms with Gasteiger partial charge in [-0.15, -0.1) is 0 Å². The Morgan fingerprint density at radius 2 is 0.753 bits per heavy atom. The van der Waals surface area contributed by atoms with Crippen molar-refractivity contribution in [1.82, 2.24) is 0 Å². The smallest absolute Gasteiger partial charge is 0.137 e. The maximum absolute atomic E-state index is 6.57. The molecule has 0 N–H and O–H groups in total. The number of furan rings is 1. The molecule has 11 aromatic carbocycles. The van der Waals surface area contributed by atoms with E-state index in [0.29, 0.717) is 6.61 Å². The molecule has 0 saturated carbocycles. The van der Waals surface area contributed by atoms with Crippen molar-refractivity contribution in [2.75, 3.05) is 16.4 Å². The summed E-state index contributed by atoms with van der Waals surface area (Å²) in [5.41, 5.74) is 23.6. The molecule has 4 nitrogen and oxygen atoms in total. The molecule has 0 fully saturated rings. The molecule has 1 spiro atoms. The minimum absolute atomic E-state index is 0.534. The molecule has 2 heterocycles. The highest BCUT2D eigenvalue weighted by Gasteiger charge is 2.52. The average Bonchev–Trinajstić information content (AvgIpc) is 4.23. The van der Waals surface area contributed by atoms with Gasteiger partial charge in [0.2, 0.25) is 0 Å². The Balaban J connectivity index is 0.954. The topological polar surface area (TPSA) is 28.9 Å². The molecule has 0 saturated heterocycles. The van der Waals surface area contributed by atoms with Crippen molar-refractivity contribution in [3.63, 3.8) is 0 Å². The molecule has 15 rings (SSSR count). The van der Waals surface area contributed by atoms with E-state index in [1.54, 1.807) is 0 Å². The molecule has 0 atom stereocenters. The van der Waals surface area contributed by atoms with Gasteiger partial charge in [0, 0.05) is 63.5 Å². The van der Waals surface area contributed by atoms with Gasteiger partial charge < -0.3 is 19.0 Å². The number of hydrogen-bond acceptors (Lipinski definition) is 4. The van der Waals surface area contributed by atoms with E-state index in [2.05, 4.69) is 259 Å². The minimum atomic E-state index is -0.534. The molecule has 3 aliphatic rings. The van der Waals surface area contributed by atoms with Gasteiger partial charge in [-0.1, -0.05) is 170 Å². The van der Waals surface area contributed by atoms with Crippen LogP contribution in [0.2, 0.25) is 0 Å². The van der Waals surface area contributed by atoms with Crippen LogP contribution in [0.5, 0.6) is 5.75 Å². The van der Waals surface area contributed by atoms with Gasteiger partial charge in [0.25, 0.3) is 0 Å². The summed E-state index contributed by atoms with van der Waals surface area (Å²) in [6.45, 7) is 0.702. The van der Waals surface area contributed by atoms with Crippen LogP contribution in [-0.2, 0) is 11.8 Å².